The highest BCUT2D eigenvalue weighted by Gasteiger charge is 2.19. The van der Waals surface area contributed by atoms with Gasteiger partial charge in [0.05, 0.1) is 0 Å². The summed E-state index contributed by atoms with van der Waals surface area (Å²) in [5, 5.41) is 0. The van der Waals surface area contributed by atoms with E-state index in [0.29, 0.717) is 19.3 Å². The molecule has 0 aliphatic heterocycles. The third-order valence-electron chi connectivity index (χ3n) is 10.6. The average Bonchev–Trinajstić information content (AvgIpc) is 3.12. The first-order chi connectivity index (χ1) is 25.3. The average molecular weight is 737 g/mol. The molecule has 0 heterocycles. The minimum absolute atomic E-state index is 0.0654. The standard InChI is InChI=1S/C46H88O6/c1-6-8-9-10-11-12-13-14-21-26-31-36-44(47)50-39-43(52-46(49)38-33-28-23-17-15-19-24-29-34-41(3)4)40-51-45(48)37-32-27-22-18-16-20-25-30-35-42(5)7-2/h41-43H,6-40H2,1-5H3/t42?,43-/m1/s1. The summed E-state index contributed by atoms with van der Waals surface area (Å²) in [6.07, 6.45) is 36.5. The summed E-state index contributed by atoms with van der Waals surface area (Å²) in [6, 6.07) is 0. The Morgan fingerprint density at radius 2 is 0.731 bits per heavy atom. The van der Waals surface area contributed by atoms with Crippen LogP contribution in [0.4, 0.5) is 0 Å². The Kier molecular flexibility index (Phi) is 37.9. The maximum atomic E-state index is 12.7. The fraction of sp³-hybridized carbons (Fsp3) is 0.935. The van der Waals surface area contributed by atoms with Gasteiger partial charge in [-0.2, -0.15) is 0 Å². The van der Waals surface area contributed by atoms with Crippen LogP contribution < -0.4 is 0 Å². The van der Waals surface area contributed by atoms with Crippen LogP contribution in [0.25, 0.3) is 0 Å². The number of ether oxygens (including phenoxy) is 3. The van der Waals surface area contributed by atoms with Crippen molar-refractivity contribution in [2.45, 2.75) is 253 Å². The number of carbonyl (C=O) groups excluding carboxylic acids is 3. The molecule has 0 radical (unpaired) electrons. The molecule has 0 aromatic rings. The van der Waals surface area contributed by atoms with Crippen molar-refractivity contribution in [3.05, 3.63) is 0 Å². The summed E-state index contributed by atoms with van der Waals surface area (Å²) in [5.41, 5.74) is 0. The van der Waals surface area contributed by atoms with E-state index in [-0.39, 0.29) is 31.1 Å². The molecule has 1 unspecified atom stereocenters. The maximum absolute atomic E-state index is 12.7. The van der Waals surface area contributed by atoms with E-state index >= 15 is 0 Å². The monoisotopic (exact) mass is 737 g/mol. The maximum Gasteiger partial charge on any atom is 0.306 e. The third kappa shape index (κ3) is 38.1. The first-order valence-electron chi connectivity index (χ1n) is 22.8. The molecule has 0 bridgehead atoms. The Bertz CT molecular complexity index is 796. The first kappa shape index (κ1) is 50.4. The molecule has 0 saturated heterocycles. The minimum Gasteiger partial charge on any atom is -0.462 e. The lowest BCUT2D eigenvalue weighted by molar-refractivity contribution is -0.167. The van der Waals surface area contributed by atoms with Crippen molar-refractivity contribution in [3.63, 3.8) is 0 Å². The molecule has 0 fully saturated rings. The van der Waals surface area contributed by atoms with E-state index in [1.54, 1.807) is 0 Å². The van der Waals surface area contributed by atoms with Crippen LogP contribution in [0.5, 0.6) is 0 Å². The van der Waals surface area contributed by atoms with Gasteiger partial charge in [0.15, 0.2) is 6.10 Å². The molecular weight excluding hydrogens is 648 g/mol. The number of hydrogen-bond acceptors (Lipinski definition) is 6. The van der Waals surface area contributed by atoms with Crippen LogP contribution in [0.1, 0.15) is 247 Å². The van der Waals surface area contributed by atoms with E-state index < -0.39 is 6.10 Å². The molecule has 0 N–H and O–H groups in total. The number of esters is 3. The highest BCUT2D eigenvalue weighted by atomic mass is 16.6. The van der Waals surface area contributed by atoms with Crippen LogP contribution in [0, 0.1) is 11.8 Å². The van der Waals surface area contributed by atoms with Gasteiger partial charge in [-0.05, 0) is 31.1 Å². The largest absolute Gasteiger partial charge is 0.462 e. The van der Waals surface area contributed by atoms with Gasteiger partial charge in [-0.3, -0.25) is 14.4 Å². The van der Waals surface area contributed by atoms with Gasteiger partial charge in [-0.15, -0.1) is 0 Å². The predicted octanol–water partition coefficient (Wildman–Crippen LogP) is 14.2. The van der Waals surface area contributed by atoms with Gasteiger partial charge in [0, 0.05) is 19.3 Å². The SMILES string of the molecule is CCCCCCCCCCCCCC(=O)OC[C@H](COC(=O)CCCCCCCCCCC(C)CC)OC(=O)CCCCCCCCCCC(C)C. The Labute approximate surface area is 323 Å². The zero-order chi connectivity index (χ0) is 38.3. The van der Waals surface area contributed by atoms with Crippen LogP contribution in [0.3, 0.4) is 0 Å². The van der Waals surface area contributed by atoms with Gasteiger partial charge in [0.2, 0.25) is 0 Å². The molecule has 0 aliphatic carbocycles. The van der Waals surface area contributed by atoms with Gasteiger partial charge in [-0.25, -0.2) is 0 Å². The number of rotatable bonds is 40. The Morgan fingerprint density at radius 1 is 0.404 bits per heavy atom. The summed E-state index contributed by atoms with van der Waals surface area (Å²) in [6.45, 7) is 11.3. The molecule has 0 aromatic heterocycles. The molecule has 308 valence electrons. The lowest BCUT2D eigenvalue weighted by atomic mass is 9.99. The predicted molar refractivity (Wildman–Crippen MR) is 220 cm³/mol. The zero-order valence-electron chi connectivity index (χ0n) is 35.4. The van der Waals surface area contributed by atoms with E-state index in [1.165, 1.54) is 135 Å². The molecule has 2 atom stereocenters. The fourth-order valence-electron chi connectivity index (χ4n) is 6.72. The van der Waals surface area contributed by atoms with E-state index in [0.717, 1.165) is 69.6 Å². The third-order valence-corrected chi connectivity index (χ3v) is 10.6. The summed E-state index contributed by atoms with van der Waals surface area (Å²) >= 11 is 0. The van der Waals surface area contributed by atoms with Crippen molar-refractivity contribution < 1.29 is 28.6 Å². The second kappa shape index (κ2) is 39.1. The van der Waals surface area contributed by atoms with Gasteiger partial charge >= 0.3 is 17.9 Å². The molecule has 6 nitrogen and oxygen atoms in total. The topological polar surface area (TPSA) is 78.9 Å². The summed E-state index contributed by atoms with van der Waals surface area (Å²) in [7, 11) is 0. The van der Waals surface area contributed by atoms with Crippen molar-refractivity contribution in [3.8, 4) is 0 Å². The van der Waals surface area contributed by atoms with E-state index in [9.17, 15) is 14.4 Å². The molecule has 0 saturated carbocycles. The molecule has 0 aliphatic rings. The Hall–Kier alpha value is -1.59. The van der Waals surface area contributed by atoms with Crippen molar-refractivity contribution in [1.29, 1.82) is 0 Å². The number of unbranched alkanes of at least 4 members (excludes halogenated alkanes) is 24. The van der Waals surface area contributed by atoms with Gasteiger partial charge in [0.1, 0.15) is 13.2 Å². The Morgan fingerprint density at radius 3 is 1.10 bits per heavy atom. The fourth-order valence-corrected chi connectivity index (χ4v) is 6.72. The molecule has 0 rings (SSSR count). The summed E-state index contributed by atoms with van der Waals surface area (Å²) in [4.78, 5) is 37.7. The lowest BCUT2D eigenvalue weighted by Crippen LogP contribution is -2.30. The highest BCUT2D eigenvalue weighted by Crippen LogP contribution is 2.17. The quantitative estimate of drug-likeness (QED) is 0.0354. The van der Waals surface area contributed by atoms with Crippen molar-refractivity contribution in [1.82, 2.24) is 0 Å². The normalized spacial score (nSPS) is 12.6. The molecule has 0 amide bonds. The second-order valence-electron chi connectivity index (χ2n) is 16.4. The van der Waals surface area contributed by atoms with Crippen LogP contribution >= 0.6 is 0 Å². The van der Waals surface area contributed by atoms with E-state index in [2.05, 4.69) is 34.6 Å². The lowest BCUT2D eigenvalue weighted by Gasteiger charge is -2.18. The number of hydrogen-bond donors (Lipinski definition) is 0. The molecule has 0 aromatic carbocycles. The van der Waals surface area contributed by atoms with Crippen LogP contribution in [0.15, 0.2) is 0 Å². The second-order valence-corrected chi connectivity index (χ2v) is 16.4. The van der Waals surface area contributed by atoms with Gasteiger partial charge in [0.25, 0.3) is 0 Å². The molecular formula is C46H88O6. The van der Waals surface area contributed by atoms with Crippen molar-refractivity contribution in [2.24, 2.45) is 11.8 Å². The molecule has 0 spiro atoms. The zero-order valence-corrected chi connectivity index (χ0v) is 35.4. The van der Waals surface area contributed by atoms with E-state index in [1.807, 2.05) is 0 Å². The highest BCUT2D eigenvalue weighted by molar-refractivity contribution is 5.71. The van der Waals surface area contributed by atoms with Gasteiger partial charge in [-0.1, -0.05) is 208 Å². The molecule has 52 heavy (non-hydrogen) atoms. The van der Waals surface area contributed by atoms with Gasteiger partial charge < -0.3 is 14.2 Å². The number of carbonyl (C=O) groups is 3. The van der Waals surface area contributed by atoms with Crippen molar-refractivity contribution in [2.75, 3.05) is 13.2 Å². The van der Waals surface area contributed by atoms with Crippen LogP contribution in [0.2, 0.25) is 0 Å². The Balaban J connectivity index is 4.35. The van der Waals surface area contributed by atoms with Crippen LogP contribution in [-0.4, -0.2) is 37.2 Å². The van der Waals surface area contributed by atoms with Crippen LogP contribution in [-0.2, 0) is 28.6 Å². The first-order valence-corrected chi connectivity index (χ1v) is 22.8. The molecule has 6 heteroatoms. The summed E-state index contributed by atoms with van der Waals surface area (Å²) in [5.74, 6) is 0.780. The smallest absolute Gasteiger partial charge is 0.306 e. The minimum atomic E-state index is -0.760. The van der Waals surface area contributed by atoms with E-state index in [4.69, 9.17) is 14.2 Å². The van der Waals surface area contributed by atoms with Crippen molar-refractivity contribution >= 4 is 17.9 Å². The summed E-state index contributed by atoms with van der Waals surface area (Å²) < 4.78 is 16.7.